The lowest BCUT2D eigenvalue weighted by molar-refractivity contribution is 0.0676. The van der Waals surface area contributed by atoms with Gasteiger partial charge in [0.2, 0.25) is 0 Å². The number of hydrogen-bond acceptors (Lipinski definition) is 4. The van der Waals surface area contributed by atoms with E-state index in [0.717, 1.165) is 6.07 Å². The van der Waals surface area contributed by atoms with Crippen molar-refractivity contribution in [1.82, 2.24) is 4.98 Å². The molecule has 0 atom stereocenters. The van der Waals surface area contributed by atoms with Gasteiger partial charge in [-0.3, -0.25) is 0 Å². The molecule has 5 nitrogen and oxygen atoms in total. The molecule has 0 spiro atoms. The SMILES string of the molecule is NCc1cc(N)nc(C(=O)O)c1C(F)F. The molecule has 0 saturated heterocycles. The molecule has 1 heterocycles. The van der Waals surface area contributed by atoms with E-state index in [0.29, 0.717) is 0 Å². The number of aromatic carboxylic acids is 1. The topological polar surface area (TPSA) is 102 Å². The van der Waals surface area contributed by atoms with E-state index in [1.807, 2.05) is 0 Å². The van der Waals surface area contributed by atoms with Crippen molar-refractivity contribution in [2.24, 2.45) is 5.73 Å². The van der Waals surface area contributed by atoms with Crippen LogP contribution in [0.25, 0.3) is 0 Å². The van der Waals surface area contributed by atoms with Crippen LogP contribution in [0.1, 0.15) is 28.0 Å². The number of nitrogens with zero attached hydrogens (tertiary/aromatic N) is 1. The van der Waals surface area contributed by atoms with Crippen LogP contribution >= 0.6 is 0 Å². The van der Waals surface area contributed by atoms with Gasteiger partial charge in [0.05, 0.1) is 5.56 Å². The first-order valence-corrected chi connectivity index (χ1v) is 3.98. The Morgan fingerprint density at radius 1 is 1.60 bits per heavy atom. The smallest absolute Gasteiger partial charge is 0.355 e. The zero-order valence-electron chi connectivity index (χ0n) is 7.58. The summed E-state index contributed by atoms with van der Waals surface area (Å²) in [6, 6.07) is 1.15. The molecule has 0 saturated carbocycles. The predicted molar refractivity (Wildman–Crippen MR) is 48.5 cm³/mol. The van der Waals surface area contributed by atoms with Gasteiger partial charge in [0.1, 0.15) is 5.82 Å². The van der Waals surface area contributed by atoms with Gasteiger partial charge >= 0.3 is 5.97 Å². The Hall–Kier alpha value is -1.76. The molecule has 7 heteroatoms. The molecule has 1 aromatic heterocycles. The second-order valence-electron chi connectivity index (χ2n) is 2.78. The molecule has 0 unspecified atom stereocenters. The summed E-state index contributed by atoms with van der Waals surface area (Å²) >= 11 is 0. The van der Waals surface area contributed by atoms with Gasteiger partial charge in [0.25, 0.3) is 6.43 Å². The van der Waals surface area contributed by atoms with Crippen LogP contribution < -0.4 is 11.5 Å². The van der Waals surface area contributed by atoms with Gasteiger partial charge in [-0.1, -0.05) is 0 Å². The highest BCUT2D eigenvalue weighted by Crippen LogP contribution is 2.27. The van der Waals surface area contributed by atoms with Crippen molar-refractivity contribution in [3.63, 3.8) is 0 Å². The minimum Gasteiger partial charge on any atom is -0.476 e. The first-order valence-electron chi connectivity index (χ1n) is 3.98. The van der Waals surface area contributed by atoms with Crippen LogP contribution in [0, 0.1) is 0 Å². The largest absolute Gasteiger partial charge is 0.476 e. The molecule has 0 radical (unpaired) electrons. The molecule has 0 aromatic carbocycles. The number of rotatable bonds is 3. The van der Waals surface area contributed by atoms with E-state index in [-0.39, 0.29) is 17.9 Å². The highest BCUT2D eigenvalue weighted by Gasteiger charge is 2.23. The molecule has 82 valence electrons. The number of nitrogen functional groups attached to an aromatic ring is 1. The van der Waals surface area contributed by atoms with Crippen LogP contribution in [0.2, 0.25) is 0 Å². The molecular formula is C8H9F2N3O2. The number of pyridine rings is 1. The van der Waals surface area contributed by atoms with Crippen LogP contribution in [0.5, 0.6) is 0 Å². The highest BCUT2D eigenvalue weighted by molar-refractivity contribution is 5.88. The Kier molecular flexibility index (Phi) is 3.15. The summed E-state index contributed by atoms with van der Waals surface area (Å²) in [6.07, 6.45) is -2.94. The first kappa shape index (κ1) is 11.3. The third kappa shape index (κ3) is 2.18. The van der Waals surface area contributed by atoms with E-state index < -0.39 is 23.7 Å². The van der Waals surface area contributed by atoms with Gasteiger partial charge in [0.15, 0.2) is 5.69 Å². The van der Waals surface area contributed by atoms with Crippen molar-refractivity contribution >= 4 is 11.8 Å². The van der Waals surface area contributed by atoms with Gasteiger partial charge in [0, 0.05) is 6.54 Å². The average molecular weight is 217 g/mol. The fourth-order valence-electron chi connectivity index (χ4n) is 1.21. The number of halogens is 2. The Bertz CT molecular complexity index is 396. The van der Waals surface area contributed by atoms with Crippen LogP contribution in [-0.2, 0) is 6.54 Å². The summed E-state index contributed by atoms with van der Waals surface area (Å²) in [4.78, 5) is 14.0. The molecule has 5 N–H and O–H groups in total. The number of nitrogens with two attached hydrogens (primary N) is 2. The minimum absolute atomic E-state index is 0.00472. The van der Waals surface area contributed by atoms with Crippen molar-refractivity contribution < 1.29 is 18.7 Å². The maximum atomic E-state index is 12.6. The molecule has 1 aromatic rings. The molecule has 15 heavy (non-hydrogen) atoms. The number of anilines is 1. The third-order valence-corrected chi connectivity index (χ3v) is 1.80. The third-order valence-electron chi connectivity index (χ3n) is 1.80. The maximum absolute atomic E-state index is 12.6. The zero-order chi connectivity index (χ0) is 11.6. The lowest BCUT2D eigenvalue weighted by atomic mass is 10.1. The van der Waals surface area contributed by atoms with E-state index in [4.69, 9.17) is 16.6 Å². The summed E-state index contributed by atoms with van der Waals surface area (Å²) < 4.78 is 25.1. The second-order valence-corrected chi connectivity index (χ2v) is 2.78. The van der Waals surface area contributed by atoms with Crippen LogP contribution in [-0.4, -0.2) is 16.1 Å². The average Bonchev–Trinajstić information content (AvgIpc) is 2.15. The Balaban J connectivity index is 3.47. The predicted octanol–water partition coefficient (Wildman–Crippen LogP) is 0.758. The lowest BCUT2D eigenvalue weighted by Gasteiger charge is -2.10. The van der Waals surface area contributed by atoms with Crippen molar-refractivity contribution in [3.05, 3.63) is 22.9 Å². The summed E-state index contributed by atoms with van der Waals surface area (Å²) in [5.74, 6) is -1.69. The minimum atomic E-state index is -2.94. The number of aromatic nitrogens is 1. The van der Waals surface area contributed by atoms with Gasteiger partial charge in [-0.2, -0.15) is 0 Å². The quantitative estimate of drug-likeness (QED) is 0.693. The molecule has 0 bridgehead atoms. The molecular weight excluding hydrogens is 208 g/mol. The van der Waals surface area contributed by atoms with Crippen LogP contribution in [0.15, 0.2) is 6.07 Å². The fraction of sp³-hybridized carbons (Fsp3) is 0.250. The number of carbonyl (C=O) groups is 1. The number of alkyl halides is 2. The fourth-order valence-corrected chi connectivity index (χ4v) is 1.21. The summed E-state index contributed by atoms with van der Waals surface area (Å²) in [5.41, 5.74) is 9.07. The highest BCUT2D eigenvalue weighted by atomic mass is 19.3. The van der Waals surface area contributed by atoms with E-state index in [2.05, 4.69) is 4.98 Å². The Labute approximate surface area is 83.7 Å². The molecule has 0 amide bonds. The van der Waals surface area contributed by atoms with Crippen LogP contribution in [0.3, 0.4) is 0 Å². The Morgan fingerprint density at radius 3 is 2.60 bits per heavy atom. The van der Waals surface area contributed by atoms with Gasteiger partial charge < -0.3 is 16.6 Å². The molecule has 0 aliphatic carbocycles. The van der Waals surface area contributed by atoms with E-state index in [1.165, 1.54) is 0 Å². The van der Waals surface area contributed by atoms with Crippen molar-refractivity contribution in [2.75, 3.05) is 5.73 Å². The van der Waals surface area contributed by atoms with E-state index in [9.17, 15) is 13.6 Å². The molecule has 0 aliphatic heterocycles. The normalized spacial score (nSPS) is 10.7. The zero-order valence-corrected chi connectivity index (χ0v) is 7.58. The van der Waals surface area contributed by atoms with Crippen LogP contribution in [0.4, 0.5) is 14.6 Å². The number of carboxylic acids is 1. The monoisotopic (exact) mass is 217 g/mol. The standard InChI is InChI=1S/C8H9F2N3O2/c9-7(10)5-3(2-11)1-4(12)13-6(5)8(14)15/h1,7H,2,11H2,(H2,12,13)(H,14,15). The van der Waals surface area contributed by atoms with Gasteiger partial charge in [-0.25, -0.2) is 18.6 Å². The molecule has 1 rings (SSSR count). The second kappa shape index (κ2) is 4.18. The number of hydrogen-bond donors (Lipinski definition) is 3. The van der Waals surface area contributed by atoms with Crippen molar-refractivity contribution in [3.8, 4) is 0 Å². The Morgan fingerprint density at radius 2 is 2.20 bits per heavy atom. The first-order chi connectivity index (χ1) is 6.97. The lowest BCUT2D eigenvalue weighted by Crippen LogP contribution is -2.13. The summed E-state index contributed by atoms with van der Waals surface area (Å²) in [6.45, 7) is -0.216. The van der Waals surface area contributed by atoms with E-state index >= 15 is 0 Å². The summed E-state index contributed by atoms with van der Waals surface area (Å²) in [7, 11) is 0. The number of carboxylic acid groups (broad SMARTS) is 1. The molecule has 0 fully saturated rings. The van der Waals surface area contributed by atoms with Gasteiger partial charge in [-0.05, 0) is 11.6 Å². The van der Waals surface area contributed by atoms with E-state index in [1.54, 1.807) is 0 Å². The summed E-state index contributed by atoms with van der Waals surface area (Å²) in [5, 5.41) is 8.67. The maximum Gasteiger partial charge on any atom is 0.355 e. The van der Waals surface area contributed by atoms with Crippen molar-refractivity contribution in [2.45, 2.75) is 13.0 Å². The van der Waals surface area contributed by atoms with Crippen molar-refractivity contribution in [1.29, 1.82) is 0 Å². The molecule has 0 aliphatic rings. The van der Waals surface area contributed by atoms with Gasteiger partial charge in [-0.15, -0.1) is 0 Å².